The average molecular weight is 839 g/mol. The van der Waals surface area contributed by atoms with Crippen molar-refractivity contribution in [1.82, 2.24) is 0 Å². The summed E-state index contributed by atoms with van der Waals surface area (Å²) in [6.45, 7) is 23.4. The lowest BCUT2D eigenvalue weighted by atomic mass is 9.67. The molecule has 0 aromatic heterocycles. The van der Waals surface area contributed by atoms with E-state index in [-0.39, 0.29) is 12.0 Å². The van der Waals surface area contributed by atoms with Gasteiger partial charge in [-0.2, -0.15) is 0 Å². The minimum Gasteiger partial charge on any atom is -0.489 e. The van der Waals surface area contributed by atoms with Gasteiger partial charge in [0.25, 0.3) is 0 Å². The minimum atomic E-state index is -0.712. The van der Waals surface area contributed by atoms with Crippen LogP contribution in [0.25, 0.3) is 0 Å². The molecule has 0 saturated heterocycles. The first kappa shape index (κ1) is 56.5. The summed E-state index contributed by atoms with van der Waals surface area (Å²) in [6.07, 6.45) is 41.4. The zero-order valence-corrected chi connectivity index (χ0v) is 42.4. The summed E-state index contributed by atoms with van der Waals surface area (Å²) in [7, 11) is 0. The van der Waals surface area contributed by atoms with Crippen molar-refractivity contribution in [2.45, 2.75) is 324 Å². The first-order chi connectivity index (χ1) is 29.3. The number of rotatable bonds is 42. The van der Waals surface area contributed by atoms with Crippen LogP contribution in [-0.2, 0) is 0 Å². The highest BCUT2D eigenvalue weighted by Gasteiger charge is 2.39. The molecule has 0 radical (unpaired) electrons. The van der Waals surface area contributed by atoms with Crippen LogP contribution in [0, 0.1) is 0 Å². The molecule has 5 unspecified atom stereocenters. The molecule has 0 spiro atoms. The molecule has 0 fully saturated rings. The van der Waals surface area contributed by atoms with Crippen molar-refractivity contribution in [1.29, 1.82) is 0 Å². The Balaban J connectivity index is 5.01. The van der Waals surface area contributed by atoms with Crippen molar-refractivity contribution in [3.8, 4) is 5.75 Å². The van der Waals surface area contributed by atoms with Crippen LogP contribution < -0.4 is 4.74 Å². The molecule has 0 amide bonds. The van der Waals surface area contributed by atoms with Crippen molar-refractivity contribution in [2.24, 2.45) is 0 Å². The number of unbranched alkanes of at least 4 members (excludes halogenated alkanes) is 15. The van der Waals surface area contributed by atoms with Crippen molar-refractivity contribution in [2.75, 3.05) is 0 Å². The Morgan fingerprint density at radius 3 is 0.933 bits per heavy atom. The van der Waals surface area contributed by atoms with Crippen LogP contribution in [0.2, 0.25) is 0 Å². The van der Waals surface area contributed by atoms with Gasteiger partial charge in [-0.15, -0.1) is 0 Å². The third-order valence-electron chi connectivity index (χ3n) is 14.0. The molecule has 0 aliphatic heterocycles. The lowest BCUT2D eigenvalue weighted by Gasteiger charge is -2.38. The second kappa shape index (κ2) is 36.9. The first-order valence-corrected chi connectivity index (χ1v) is 27.4. The van der Waals surface area contributed by atoms with Crippen molar-refractivity contribution in [3.05, 3.63) is 27.8 Å². The summed E-state index contributed by atoms with van der Waals surface area (Å²) in [5.74, 6) is 1.60. The van der Waals surface area contributed by atoms with Gasteiger partial charge >= 0.3 is 5.97 Å². The highest BCUT2D eigenvalue weighted by molar-refractivity contribution is 5.95. The summed E-state index contributed by atoms with van der Waals surface area (Å²) in [5.41, 5.74) is 6.49. The molecule has 0 saturated carbocycles. The number of hydrogen-bond donors (Lipinski definition) is 1. The molecule has 60 heavy (non-hydrogen) atoms. The van der Waals surface area contributed by atoms with Gasteiger partial charge in [0.05, 0.1) is 6.10 Å². The van der Waals surface area contributed by atoms with E-state index < -0.39 is 5.97 Å². The monoisotopic (exact) mass is 839 g/mol. The second-order valence-electron chi connectivity index (χ2n) is 19.4. The number of hydrogen-bond acceptors (Lipinski definition) is 2. The molecule has 0 heterocycles. The smallest absolute Gasteiger partial charge is 0.339 e. The third-order valence-corrected chi connectivity index (χ3v) is 14.0. The highest BCUT2D eigenvalue weighted by Crippen LogP contribution is 2.54. The van der Waals surface area contributed by atoms with E-state index in [1.54, 1.807) is 11.1 Å². The Morgan fingerprint density at radius 1 is 0.350 bits per heavy atom. The predicted molar refractivity (Wildman–Crippen MR) is 267 cm³/mol. The van der Waals surface area contributed by atoms with Crippen molar-refractivity contribution < 1.29 is 14.6 Å². The fourth-order valence-corrected chi connectivity index (χ4v) is 10.4. The van der Waals surface area contributed by atoms with Gasteiger partial charge in [-0.3, -0.25) is 0 Å². The highest BCUT2D eigenvalue weighted by atomic mass is 16.5. The van der Waals surface area contributed by atoms with Gasteiger partial charge in [0.2, 0.25) is 0 Å². The summed E-state index contributed by atoms with van der Waals surface area (Å²) in [4.78, 5) is 14.7. The van der Waals surface area contributed by atoms with Gasteiger partial charge < -0.3 is 9.84 Å². The number of benzene rings is 1. The number of carboxylic acid groups (broad SMARTS) is 1. The Hall–Kier alpha value is -1.51. The van der Waals surface area contributed by atoms with Crippen molar-refractivity contribution in [3.63, 3.8) is 0 Å². The zero-order chi connectivity index (χ0) is 44.4. The number of ether oxygens (including phenoxy) is 1. The first-order valence-electron chi connectivity index (χ1n) is 27.4. The van der Waals surface area contributed by atoms with Crippen LogP contribution in [0.3, 0.4) is 0 Å². The van der Waals surface area contributed by atoms with Gasteiger partial charge in [0.1, 0.15) is 11.3 Å². The van der Waals surface area contributed by atoms with Crippen LogP contribution in [0.4, 0.5) is 0 Å². The van der Waals surface area contributed by atoms with Crippen LogP contribution >= 0.6 is 0 Å². The molecule has 352 valence electrons. The van der Waals surface area contributed by atoms with E-state index >= 15 is 0 Å². The maximum atomic E-state index is 14.7. The Bertz CT molecular complexity index is 1170. The molecular formula is C57H106O3. The normalized spacial score (nSPS) is 14.3. The van der Waals surface area contributed by atoms with E-state index in [1.165, 1.54) is 165 Å². The summed E-state index contributed by atoms with van der Waals surface area (Å²) < 4.78 is 7.73. The molecular weight excluding hydrogens is 733 g/mol. The van der Waals surface area contributed by atoms with E-state index in [4.69, 9.17) is 4.74 Å². The Morgan fingerprint density at radius 2 is 0.600 bits per heavy atom. The van der Waals surface area contributed by atoms with Crippen LogP contribution in [0.5, 0.6) is 5.75 Å². The predicted octanol–water partition coefficient (Wildman–Crippen LogP) is 20.3. The quantitative estimate of drug-likeness (QED) is 0.0667. The van der Waals surface area contributed by atoms with Gasteiger partial charge in [0, 0.05) is 5.56 Å². The molecule has 0 aliphatic carbocycles. The van der Waals surface area contributed by atoms with Crippen LogP contribution in [-0.4, -0.2) is 17.2 Å². The van der Waals surface area contributed by atoms with Gasteiger partial charge in [0.15, 0.2) is 0 Å². The SMILES string of the molecule is CCCCCC(CCCC)Oc1c(C(=O)O)c(C(CCCC)CCCCC)c(C(CCCC)CCCCC)c(C(CCCC)CCCCC)c1C(CCCC)CCCCC. The standard InChI is InChI=1S/C57H106O3/c1-11-21-31-40-46(36-26-16-6)51-52(47(37-27-17-7)41-32-22-12-2)54(49(39-29-19-9)43-34-24-14-4)56(60-50(44-30-20-10)45-35-25-15-5)55(57(58)59)53(51)48(38-28-18-8)42-33-23-13-3/h46-50H,11-45H2,1-10H3,(H,58,59). The fraction of sp³-hybridized carbons (Fsp3) is 0.877. The molecule has 1 aromatic rings. The largest absolute Gasteiger partial charge is 0.489 e. The van der Waals surface area contributed by atoms with Crippen LogP contribution in [0.15, 0.2) is 0 Å². The molecule has 1 aromatic carbocycles. The lowest BCUT2D eigenvalue weighted by molar-refractivity contribution is 0.0684. The molecule has 0 aliphatic rings. The van der Waals surface area contributed by atoms with Gasteiger partial charge in [-0.05, 0) is 111 Å². The van der Waals surface area contributed by atoms with E-state index in [0.717, 1.165) is 76.4 Å². The van der Waals surface area contributed by atoms with Crippen LogP contribution in [0.1, 0.15) is 350 Å². The zero-order valence-electron chi connectivity index (χ0n) is 42.4. The minimum absolute atomic E-state index is 0.0613. The lowest BCUT2D eigenvalue weighted by Crippen LogP contribution is -2.26. The molecule has 3 nitrogen and oxygen atoms in total. The molecule has 1 rings (SSSR count). The molecule has 0 bridgehead atoms. The molecule has 3 heteroatoms. The maximum Gasteiger partial charge on any atom is 0.339 e. The van der Waals surface area contributed by atoms with E-state index in [2.05, 4.69) is 69.2 Å². The van der Waals surface area contributed by atoms with E-state index in [1.807, 2.05) is 0 Å². The number of aromatic carboxylic acids is 1. The van der Waals surface area contributed by atoms with Gasteiger partial charge in [-0.1, -0.05) is 223 Å². The second-order valence-corrected chi connectivity index (χ2v) is 19.4. The summed E-state index contributed by atoms with van der Waals surface area (Å²) in [6, 6.07) is 0. The summed E-state index contributed by atoms with van der Waals surface area (Å²) in [5, 5.41) is 12.1. The molecule has 5 atom stereocenters. The maximum absolute atomic E-state index is 14.7. The van der Waals surface area contributed by atoms with E-state index in [9.17, 15) is 9.90 Å². The number of carbonyl (C=O) groups is 1. The topological polar surface area (TPSA) is 46.5 Å². The third kappa shape index (κ3) is 20.8. The Labute approximate surface area is 376 Å². The Kier molecular flexibility index (Phi) is 34.8. The van der Waals surface area contributed by atoms with Gasteiger partial charge in [-0.25, -0.2) is 4.79 Å². The fourth-order valence-electron chi connectivity index (χ4n) is 10.4. The number of carboxylic acids is 1. The summed E-state index contributed by atoms with van der Waals surface area (Å²) >= 11 is 0. The average Bonchev–Trinajstić information content (AvgIpc) is 3.24. The molecule has 1 N–H and O–H groups in total. The van der Waals surface area contributed by atoms with Crippen molar-refractivity contribution >= 4 is 5.97 Å². The van der Waals surface area contributed by atoms with E-state index in [0.29, 0.717) is 23.3 Å².